The van der Waals surface area contributed by atoms with Gasteiger partial charge < -0.3 is 14.8 Å². The molecule has 0 radical (unpaired) electrons. The lowest BCUT2D eigenvalue weighted by molar-refractivity contribution is 0.138. The number of nitrogens with one attached hydrogen (secondary N) is 1. The summed E-state index contributed by atoms with van der Waals surface area (Å²) in [7, 11) is 0. The lowest BCUT2D eigenvalue weighted by atomic mass is 10.3. The van der Waals surface area contributed by atoms with E-state index in [1.807, 2.05) is 12.3 Å². The summed E-state index contributed by atoms with van der Waals surface area (Å²) in [4.78, 5) is 4.32. The number of nitrogens with zero attached hydrogens (tertiary/aromatic N) is 1. The molecule has 17 heavy (non-hydrogen) atoms. The molecule has 1 aliphatic heterocycles. The van der Waals surface area contributed by atoms with Gasteiger partial charge in [0.05, 0.1) is 13.2 Å². The molecule has 1 saturated carbocycles. The Labute approximate surface area is 101 Å². The second kappa shape index (κ2) is 5.02. The average Bonchev–Trinajstić information content (AvgIpc) is 3.05. The van der Waals surface area contributed by atoms with E-state index in [2.05, 4.69) is 16.4 Å². The first-order valence-corrected chi connectivity index (χ1v) is 6.33. The number of rotatable bonds is 5. The van der Waals surface area contributed by atoms with Crippen LogP contribution in [0.25, 0.3) is 0 Å². The van der Waals surface area contributed by atoms with Crippen molar-refractivity contribution in [1.29, 1.82) is 0 Å². The molecule has 1 aromatic rings. The van der Waals surface area contributed by atoms with Gasteiger partial charge >= 0.3 is 0 Å². The molecule has 1 unspecified atom stereocenters. The zero-order chi connectivity index (χ0) is 11.5. The summed E-state index contributed by atoms with van der Waals surface area (Å²) >= 11 is 0. The molecule has 1 aliphatic carbocycles. The zero-order valence-corrected chi connectivity index (χ0v) is 9.89. The molecular formula is C13H18N2O2. The molecule has 0 bridgehead atoms. The summed E-state index contributed by atoms with van der Waals surface area (Å²) in [6, 6.07) is 4.76. The van der Waals surface area contributed by atoms with Crippen molar-refractivity contribution in [3.8, 4) is 5.88 Å². The van der Waals surface area contributed by atoms with Crippen LogP contribution in [0.2, 0.25) is 0 Å². The maximum absolute atomic E-state index is 5.71. The van der Waals surface area contributed by atoms with Crippen molar-refractivity contribution in [2.75, 3.05) is 13.2 Å². The largest absolute Gasteiger partial charge is 0.472 e. The van der Waals surface area contributed by atoms with E-state index in [0.717, 1.165) is 25.6 Å². The van der Waals surface area contributed by atoms with Gasteiger partial charge in [-0.05, 0) is 18.4 Å². The van der Waals surface area contributed by atoms with Gasteiger partial charge in [0.2, 0.25) is 5.88 Å². The fourth-order valence-electron chi connectivity index (χ4n) is 1.91. The Balaban J connectivity index is 1.51. The summed E-state index contributed by atoms with van der Waals surface area (Å²) in [5.41, 5.74) is 1.21. The van der Waals surface area contributed by atoms with Crippen LogP contribution in [0.1, 0.15) is 24.8 Å². The van der Waals surface area contributed by atoms with E-state index in [0.29, 0.717) is 12.5 Å². The predicted molar refractivity (Wildman–Crippen MR) is 64.0 cm³/mol. The highest BCUT2D eigenvalue weighted by atomic mass is 16.5. The Morgan fingerprint density at radius 3 is 2.94 bits per heavy atom. The molecule has 2 heterocycles. The second-order valence-corrected chi connectivity index (χ2v) is 4.76. The van der Waals surface area contributed by atoms with E-state index >= 15 is 0 Å². The molecule has 3 rings (SSSR count). The van der Waals surface area contributed by atoms with Crippen LogP contribution in [0, 0.1) is 0 Å². The minimum atomic E-state index is 0.179. The zero-order valence-electron chi connectivity index (χ0n) is 9.89. The Kier molecular flexibility index (Phi) is 3.25. The van der Waals surface area contributed by atoms with Gasteiger partial charge in [-0.25, -0.2) is 4.98 Å². The minimum Gasteiger partial charge on any atom is -0.472 e. The van der Waals surface area contributed by atoms with Crippen LogP contribution in [-0.2, 0) is 11.3 Å². The molecule has 1 atom stereocenters. The molecule has 4 heteroatoms. The van der Waals surface area contributed by atoms with Gasteiger partial charge in [0, 0.05) is 31.3 Å². The van der Waals surface area contributed by atoms with Gasteiger partial charge in [-0.15, -0.1) is 0 Å². The predicted octanol–water partition coefficient (Wildman–Crippen LogP) is 1.50. The first kappa shape index (κ1) is 11.0. The van der Waals surface area contributed by atoms with Crippen molar-refractivity contribution < 1.29 is 9.47 Å². The molecule has 0 aromatic carbocycles. The van der Waals surface area contributed by atoms with Crippen molar-refractivity contribution in [2.24, 2.45) is 0 Å². The monoisotopic (exact) mass is 234 g/mol. The third kappa shape index (κ3) is 3.17. The van der Waals surface area contributed by atoms with E-state index in [1.54, 1.807) is 0 Å². The molecular weight excluding hydrogens is 216 g/mol. The Bertz CT molecular complexity index is 356. The quantitative estimate of drug-likeness (QED) is 0.838. The third-order valence-electron chi connectivity index (χ3n) is 3.15. The first-order chi connectivity index (χ1) is 8.40. The van der Waals surface area contributed by atoms with Crippen LogP contribution >= 0.6 is 0 Å². The number of aromatic nitrogens is 1. The summed E-state index contributed by atoms with van der Waals surface area (Å²) in [6.45, 7) is 2.39. The van der Waals surface area contributed by atoms with Gasteiger partial charge in [-0.2, -0.15) is 0 Å². The van der Waals surface area contributed by atoms with Crippen molar-refractivity contribution in [3.05, 3.63) is 23.9 Å². The topological polar surface area (TPSA) is 43.4 Å². The van der Waals surface area contributed by atoms with E-state index in [1.165, 1.54) is 18.4 Å². The lowest BCUT2D eigenvalue weighted by Gasteiger charge is -2.11. The maximum Gasteiger partial charge on any atom is 0.213 e. The third-order valence-corrected chi connectivity index (χ3v) is 3.15. The Morgan fingerprint density at radius 1 is 1.35 bits per heavy atom. The van der Waals surface area contributed by atoms with E-state index in [4.69, 9.17) is 9.47 Å². The fourth-order valence-corrected chi connectivity index (χ4v) is 1.91. The SMILES string of the molecule is c1cc(OC2CCOC2)ncc1CNC1CC1. The van der Waals surface area contributed by atoms with Crippen LogP contribution in [0.3, 0.4) is 0 Å². The summed E-state index contributed by atoms with van der Waals surface area (Å²) in [5.74, 6) is 0.704. The normalized spacial score (nSPS) is 23.9. The number of pyridine rings is 1. The highest BCUT2D eigenvalue weighted by Gasteiger charge is 2.20. The molecule has 1 N–H and O–H groups in total. The lowest BCUT2D eigenvalue weighted by Crippen LogP contribution is -2.17. The van der Waals surface area contributed by atoms with Gasteiger partial charge in [-0.1, -0.05) is 6.07 Å². The van der Waals surface area contributed by atoms with Crippen LogP contribution in [-0.4, -0.2) is 30.3 Å². The van der Waals surface area contributed by atoms with Gasteiger partial charge in [0.25, 0.3) is 0 Å². The Hall–Kier alpha value is -1.13. The van der Waals surface area contributed by atoms with Gasteiger partial charge in [0.1, 0.15) is 6.10 Å². The van der Waals surface area contributed by atoms with E-state index < -0.39 is 0 Å². The summed E-state index contributed by atoms with van der Waals surface area (Å²) in [6.07, 6.45) is 5.66. The van der Waals surface area contributed by atoms with Crippen LogP contribution < -0.4 is 10.1 Å². The highest BCUT2D eigenvalue weighted by molar-refractivity contribution is 5.18. The molecule has 1 saturated heterocycles. The molecule has 0 amide bonds. The Morgan fingerprint density at radius 2 is 2.29 bits per heavy atom. The first-order valence-electron chi connectivity index (χ1n) is 6.33. The standard InChI is InChI=1S/C13H18N2O2/c1-4-13(17-12-5-6-16-9-12)15-8-10(1)7-14-11-2-3-11/h1,4,8,11-12,14H,2-3,5-7,9H2. The van der Waals surface area contributed by atoms with Crippen LogP contribution in [0.15, 0.2) is 18.3 Å². The number of hydrogen-bond donors (Lipinski definition) is 1. The summed E-state index contributed by atoms with van der Waals surface area (Å²) < 4.78 is 11.0. The maximum atomic E-state index is 5.71. The molecule has 0 spiro atoms. The molecule has 2 aliphatic rings. The average molecular weight is 234 g/mol. The second-order valence-electron chi connectivity index (χ2n) is 4.76. The van der Waals surface area contributed by atoms with Crippen molar-refractivity contribution >= 4 is 0 Å². The van der Waals surface area contributed by atoms with Crippen molar-refractivity contribution in [2.45, 2.75) is 38.0 Å². The van der Waals surface area contributed by atoms with Gasteiger partial charge in [0.15, 0.2) is 0 Å². The molecule has 92 valence electrons. The number of hydrogen-bond acceptors (Lipinski definition) is 4. The molecule has 2 fully saturated rings. The molecule has 4 nitrogen and oxygen atoms in total. The van der Waals surface area contributed by atoms with Crippen molar-refractivity contribution in [3.63, 3.8) is 0 Å². The van der Waals surface area contributed by atoms with Gasteiger partial charge in [-0.3, -0.25) is 0 Å². The van der Waals surface area contributed by atoms with E-state index in [-0.39, 0.29) is 6.10 Å². The summed E-state index contributed by atoms with van der Waals surface area (Å²) in [5, 5.41) is 3.46. The smallest absolute Gasteiger partial charge is 0.213 e. The fraction of sp³-hybridized carbons (Fsp3) is 0.615. The number of ether oxygens (including phenoxy) is 2. The minimum absolute atomic E-state index is 0.179. The van der Waals surface area contributed by atoms with Crippen LogP contribution in [0.5, 0.6) is 5.88 Å². The van der Waals surface area contributed by atoms with Crippen LogP contribution in [0.4, 0.5) is 0 Å². The molecule has 1 aromatic heterocycles. The van der Waals surface area contributed by atoms with Crippen molar-refractivity contribution in [1.82, 2.24) is 10.3 Å². The van der Waals surface area contributed by atoms with E-state index in [9.17, 15) is 0 Å². The highest BCUT2D eigenvalue weighted by Crippen LogP contribution is 2.19.